The lowest BCUT2D eigenvalue weighted by Crippen LogP contribution is -1.99. The van der Waals surface area contributed by atoms with Gasteiger partial charge in [0, 0.05) is 6.92 Å². The van der Waals surface area contributed by atoms with E-state index >= 15 is 0 Å². The normalized spacial score (nSPS) is 8.83. The van der Waals surface area contributed by atoms with E-state index in [1.165, 1.54) is 6.92 Å². The number of hydrogen-bond acceptors (Lipinski definition) is 2. The minimum Gasteiger partial charge on any atom is -0.466 e. The third-order valence-electron chi connectivity index (χ3n) is 0.803. The van der Waals surface area contributed by atoms with Crippen LogP contribution in [0.2, 0.25) is 0 Å². The maximum atomic E-state index is 10.1. The number of ether oxygens (including phenoxy) is 1. The molecule has 0 radical (unpaired) electrons. The van der Waals surface area contributed by atoms with Gasteiger partial charge in [-0.3, -0.25) is 4.79 Å². The monoisotopic (exact) mass is 234 g/mol. The van der Waals surface area contributed by atoms with Crippen LogP contribution in [0.4, 0.5) is 0 Å². The summed E-state index contributed by atoms with van der Waals surface area (Å²) in [5.74, 6) is -0.182. The molecule has 0 aliphatic rings. The predicted molar refractivity (Wildman–Crippen MR) is 52.9 cm³/mol. The summed E-state index contributed by atoms with van der Waals surface area (Å²) in [5, 5.41) is 0. The lowest BCUT2D eigenvalue weighted by atomic mass is 10.4. The molecule has 0 aliphatic heterocycles. The van der Waals surface area contributed by atoms with Gasteiger partial charge in [0.2, 0.25) is 0 Å². The highest BCUT2D eigenvalue weighted by atomic mass is 35.6. The molecular formula is C7H13Cl3O2. The molecular weight excluding hydrogens is 222 g/mol. The molecule has 0 rings (SSSR count). The molecule has 74 valence electrons. The molecule has 0 fully saturated rings. The highest BCUT2D eigenvalue weighted by Crippen LogP contribution is 2.03. The minimum absolute atomic E-state index is 0.182. The van der Waals surface area contributed by atoms with Gasteiger partial charge in [0.25, 0.3) is 0 Å². The molecule has 5 heteroatoms. The Morgan fingerprint density at radius 1 is 1.42 bits per heavy atom. The second-order valence-electron chi connectivity index (χ2n) is 1.94. The Labute approximate surface area is 88.1 Å². The lowest BCUT2D eigenvalue weighted by molar-refractivity contribution is -0.141. The molecule has 0 aromatic carbocycles. The SMILES string of the molecule is CCCCOC(C)=O.ClC(Cl)Cl. The number of alkyl halides is 3. The second-order valence-corrected chi connectivity index (χ2v) is 3.92. The molecule has 0 spiro atoms. The van der Waals surface area contributed by atoms with Crippen molar-refractivity contribution < 1.29 is 9.53 Å². The van der Waals surface area contributed by atoms with Crippen molar-refractivity contribution in [2.24, 2.45) is 0 Å². The third-order valence-corrected chi connectivity index (χ3v) is 0.803. The highest BCUT2D eigenvalue weighted by molar-refractivity contribution is 6.63. The van der Waals surface area contributed by atoms with E-state index in [0.29, 0.717) is 6.61 Å². The van der Waals surface area contributed by atoms with Gasteiger partial charge >= 0.3 is 5.97 Å². The zero-order chi connectivity index (χ0) is 9.98. The van der Waals surface area contributed by atoms with Gasteiger partial charge in [-0.2, -0.15) is 0 Å². The average molecular weight is 236 g/mol. The van der Waals surface area contributed by atoms with Gasteiger partial charge in [0.1, 0.15) is 0 Å². The van der Waals surface area contributed by atoms with E-state index < -0.39 is 4.30 Å². The van der Waals surface area contributed by atoms with Gasteiger partial charge in [0.05, 0.1) is 6.61 Å². The van der Waals surface area contributed by atoms with E-state index in [0.717, 1.165) is 12.8 Å². The zero-order valence-electron chi connectivity index (χ0n) is 7.15. The Balaban J connectivity index is 0. The largest absolute Gasteiger partial charge is 0.466 e. The van der Waals surface area contributed by atoms with E-state index in [9.17, 15) is 4.79 Å². The van der Waals surface area contributed by atoms with Crippen LogP contribution in [-0.2, 0) is 9.53 Å². The van der Waals surface area contributed by atoms with Crippen LogP contribution in [0.15, 0.2) is 0 Å². The quantitative estimate of drug-likeness (QED) is 0.426. The molecule has 0 saturated carbocycles. The Morgan fingerprint density at radius 2 is 1.83 bits per heavy atom. The summed E-state index contributed by atoms with van der Waals surface area (Å²) >= 11 is 14.4. The Kier molecular flexibility index (Phi) is 14.0. The molecule has 0 saturated heterocycles. The number of esters is 1. The van der Waals surface area contributed by atoms with E-state index in [1.54, 1.807) is 0 Å². The Hall–Kier alpha value is 0.340. The van der Waals surface area contributed by atoms with Gasteiger partial charge < -0.3 is 4.74 Å². The first-order chi connectivity index (χ1) is 5.50. The fourth-order valence-electron chi connectivity index (χ4n) is 0.360. The van der Waals surface area contributed by atoms with Crippen molar-refractivity contribution in [1.82, 2.24) is 0 Å². The maximum absolute atomic E-state index is 10.1. The molecule has 0 heterocycles. The van der Waals surface area contributed by atoms with Crippen molar-refractivity contribution in [3.05, 3.63) is 0 Å². The molecule has 0 N–H and O–H groups in total. The lowest BCUT2D eigenvalue weighted by Gasteiger charge is -1.96. The van der Waals surface area contributed by atoms with E-state index in [2.05, 4.69) is 11.7 Å². The van der Waals surface area contributed by atoms with Crippen LogP contribution >= 0.6 is 34.8 Å². The number of halogens is 3. The molecule has 0 aromatic heterocycles. The van der Waals surface area contributed by atoms with Crippen molar-refractivity contribution in [2.45, 2.75) is 31.0 Å². The first-order valence-electron chi connectivity index (χ1n) is 3.56. The van der Waals surface area contributed by atoms with Crippen LogP contribution in [0.5, 0.6) is 0 Å². The summed E-state index contributed by atoms with van der Waals surface area (Å²) in [4.78, 5) is 10.1. The topological polar surface area (TPSA) is 26.3 Å². The zero-order valence-corrected chi connectivity index (χ0v) is 9.42. The van der Waals surface area contributed by atoms with E-state index in [-0.39, 0.29) is 5.97 Å². The molecule has 0 atom stereocenters. The summed E-state index contributed by atoms with van der Waals surface area (Å²) in [6.07, 6.45) is 2.05. The molecule has 12 heavy (non-hydrogen) atoms. The van der Waals surface area contributed by atoms with E-state index in [4.69, 9.17) is 34.8 Å². The minimum atomic E-state index is -0.750. The molecule has 0 unspecified atom stereocenters. The summed E-state index contributed by atoms with van der Waals surface area (Å²) in [7, 11) is 0. The van der Waals surface area contributed by atoms with Crippen LogP contribution in [0.3, 0.4) is 0 Å². The number of hydrogen-bond donors (Lipinski definition) is 0. The smallest absolute Gasteiger partial charge is 0.302 e. The Bertz CT molecular complexity index is 104. The van der Waals surface area contributed by atoms with Gasteiger partial charge in [-0.25, -0.2) is 0 Å². The summed E-state index contributed by atoms with van der Waals surface area (Å²) < 4.78 is 3.89. The standard InChI is InChI=1S/C6H12O2.CHCl3/c1-3-4-5-8-6(2)7;2-1(3)4/h3-5H2,1-2H3;1H. The van der Waals surface area contributed by atoms with Crippen LogP contribution in [0.25, 0.3) is 0 Å². The molecule has 0 aliphatic carbocycles. The Morgan fingerprint density at radius 3 is 2.08 bits per heavy atom. The number of carbonyl (C=O) groups excluding carboxylic acids is 1. The van der Waals surface area contributed by atoms with Gasteiger partial charge in [-0.1, -0.05) is 48.1 Å². The molecule has 2 nitrogen and oxygen atoms in total. The van der Waals surface area contributed by atoms with Crippen molar-refractivity contribution in [3.8, 4) is 0 Å². The highest BCUT2D eigenvalue weighted by Gasteiger charge is 1.88. The van der Waals surface area contributed by atoms with Crippen molar-refractivity contribution >= 4 is 40.8 Å². The van der Waals surface area contributed by atoms with Gasteiger partial charge in [-0.15, -0.1) is 0 Å². The van der Waals surface area contributed by atoms with Crippen LogP contribution in [-0.4, -0.2) is 16.9 Å². The fourth-order valence-corrected chi connectivity index (χ4v) is 0.360. The van der Waals surface area contributed by atoms with Crippen molar-refractivity contribution in [2.75, 3.05) is 6.61 Å². The average Bonchev–Trinajstić information content (AvgIpc) is 1.86. The number of unbranched alkanes of at least 4 members (excludes halogenated alkanes) is 1. The first-order valence-corrected chi connectivity index (χ1v) is 4.87. The first kappa shape index (κ1) is 14.8. The third kappa shape index (κ3) is 31.6. The maximum Gasteiger partial charge on any atom is 0.302 e. The fraction of sp³-hybridized carbons (Fsp3) is 0.857. The molecule has 0 amide bonds. The summed E-state index contributed by atoms with van der Waals surface area (Å²) in [5.41, 5.74) is 0. The van der Waals surface area contributed by atoms with Crippen LogP contribution < -0.4 is 0 Å². The van der Waals surface area contributed by atoms with Crippen molar-refractivity contribution in [3.63, 3.8) is 0 Å². The predicted octanol–water partition coefficient (Wildman–Crippen LogP) is 3.34. The number of rotatable bonds is 3. The van der Waals surface area contributed by atoms with Gasteiger partial charge in [0.15, 0.2) is 4.30 Å². The van der Waals surface area contributed by atoms with E-state index in [1.807, 2.05) is 0 Å². The van der Waals surface area contributed by atoms with Gasteiger partial charge in [-0.05, 0) is 6.42 Å². The van der Waals surface area contributed by atoms with Crippen molar-refractivity contribution in [1.29, 1.82) is 0 Å². The molecule has 0 aromatic rings. The summed E-state index contributed by atoms with van der Waals surface area (Å²) in [6.45, 7) is 4.06. The molecule has 0 bridgehead atoms. The second kappa shape index (κ2) is 11.3. The number of carbonyl (C=O) groups is 1. The van der Waals surface area contributed by atoms with Crippen LogP contribution in [0, 0.1) is 0 Å². The van der Waals surface area contributed by atoms with Crippen LogP contribution in [0.1, 0.15) is 26.7 Å². The summed E-state index contributed by atoms with van der Waals surface area (Å²) in [6, 6.07) is 0.